The van der Waals surface area contributed by atoms with Gasteiger partial charge in [0.1, 0.15) is 5.75 Å². The Morgan fingerprint density at radius 1 is 1.53 bits per heavy atom. The number of methoxy groups -OCH3 is 1. The van der Waals surface area contributed by atoms with E-state index in [9.17, 15) is 4.79 Å². The molecule has 1 aliphatic rings. The van der Waals surface area contributed by atoms with E-state index >= 15 is 0 Å². The van der Waals surface area contributed by atoms with E-state index in [1.807, 2.05) is 19.1 Å². The van der Waals surface area contributed by atoms with Crippen molar-refractivity contribution < 1.29 is 9.53 Å². The Morgan fingerprint density at radius 3 is 2.76 bits per heavy atom. The molecule has 1 aromatic carbocycles. The first-order valence-electron chi connectivity index (χ1n) is 5.38. The SMILES string of the molecule is COc1c(C)cc(Cl)cc1C1CN(C)C(=O)N1. The smallest absolute Gasteiger partial charge is 0.317 e. The van der Waals surface area contributed by atoms with E-state index in [4.69, 9.17) is 16.3 Å². The largest absolute Gasteiger partial charge is 0.496 e. The molecule has 1 aliphatic heterocycles. The summed E-state index contributed by atoms with van der Waals surface area (Å²) in [6.07, 6.45) is 0. The minimum Gasteiger partial charge on any atom is -0.496 e. The normalized spacial score (nSPS) is 19.4. The van der Waals surface area contributed by atoms with Gasteiger partial charge in [-0.2, -0.15) is 0 Å². The fraction of sp³-hybridized carbons (Fsp3) is 0.417. The molecule has 1 aromatic rings. The van der Waals surface area contributed by atoms with Crippen molar-refractivity contribution in [2.45, 2.75) is 13.0 Å². The fourth-order valence-corrected chi connectivity index (χ4v) is 2.41. The molecule has 0 bridgehead atoms. The molecular weight excluding hydrogens is 240 g/mol. The summed E-state index contributed by atoms with van der Waals surface area (Å²) < 4.78 is 5.39. The molecular formula is C12H15ClN2O2. The maximum Gasteiger partial charge on any atom is 0.317 e. The second-order valence-corrected chi connectivity index (χ2v) is 4.66. The Bertz CT molecular complexity index is 462. The maximum absolute atomic E-state index is 11.5. The minimum absolute atomic E-state index is 0.0696. The molecule has 17 heavy (non-hydrogen) atoms. The summed E-state index contributed by atoms with van der Waals surface area (Å²) in [5, 5.41) is 3.55. The third kappa shape index (κ3) is 2.17. The number of urea groups is 1. The number of ether oxygens (including phenoxy) is 1. The van der Waals surface area contributed by atoms with E-state index in [0.717, 1.165) is 16.9 Å². The van der Waals surface area contributed by atoms with Gasteiger partial charge in [0.05, 0.1) is 13.2 Å². The molecule has 1 heterocycles. The number of nitrogens with one attached hydrogen (secondary N) is 1. The molecule has 0 aliphatic carbocycles. The molecule has 1 unspecified atom stereocenters. The van der Waals surface area contributed by atoms with Gasteiger partial charge < -0.3 is 15.0 Å². The number of amides is 2. The quantitative estimate of drug-likeness (QED) is 0.880. The van der Waals surface area contributed by atoms with Crippen molar-refractivity contribution >= 4 is 17.6 Å². The number of hydrogen-bond acceptors (Lipinski definition) is 2. The summed E-state index contributed by atoms with van der Waals surface area (Å²) >= 11 is 6.05. The molecule has 1 fully saturated rings. The van der Waals surface area contributed by atoms with Gasteiger partial charge in [-0.3, -0.25) is 0 Å². The van der Waals surface area contributed by atoms with Crippen LogP contribution < -0.4 is 10.1 Å². The number of nitrogens with zero attached hydrogens (tertiary/aromatic N) is 1. The van der Waals surface area contributed by atoms with Crippen molar-refractivity contribution in [2.24, 2.45) is 0 Å². The molecule has 0 radical (unpaired) electrons. The molecule has 2 amide bonds. The topological polar surface area (TPSA) is 41.6 Å². The molecule has 92 valence electrons. The van der Waals surface area contributed by atoms with Gasteiger partial charge in [0.25, 0.3) is 0 Å². The van der Waals surface area contributed by atoms with Crippen LogP contribution in [0.1, 0.15) is 17.2 Å². The number of benzene rings is 1. The minimum atomic E-state index is -0.0744. The highest BCUT2D eigenvalue weighted by Crippen LogP contribution is 2.33. The lowest BCUT2D eigenvalue weighted by molar-refractivity contribution is 0.226. The second kappa shape index (κ2) is 4.45. The van der Waals surface area contributed by atoms with Gasteiger partial charge in [0.2, 0.25) is 0 Å². The lowest BCUT2D eigenvalue weighted by Gasteiger charge is -2.16. The molecule has 1 saturated heterocycles. The van der Waals surface area contributed by atoms with E-state index in [-0.39, 0.29) is 12.1 Å². The lowest BCUT2D eigenvalue weighted by atomic mass is 10.0. The standard InChI is InChI=1S/C12H15ClN2O2/c1-7-4-8(13)5-9(11(7)17-3)10-6-15(2)12(16)14-10/h4-5,10H,6H2,1-3H3,(H,14,16). The summed E-state index contributed by atoms with van der Waals surface area (Å²) in [4.78, 5) is 13.1. The maximum atomic E-state index is 11.5. The second-order valence-electron chi connectivity index (χ2n) is 4.23. The third-order valence-corrected chi connectivity index (χ3v) is 3.17. The van der Waals surface area contributed by atoms with Gasteiger partial charge in [-0.05, 0) is 24.6 Å². The predicted octanol–water partition coefficient (Wildman–Crippen LogP) is 2.35. The molecule has 1 atom stereocenters. The molecule has 0 aromatic heterocycles. The van der Waals surface area contributed by atoms with E-state index in [1.165, 1.54) is 0 Å². The van der Waals surface area contributed by atoms with Crippen LogP contribution in [-0.4, -0.2) is 31.6 Å². The molecule has 2 rings (SSSR count). The van der Waals surface area contributed by atoms with Crippen molar-refractivity contribution in [3.05, 3.63) is 28.3 Å². The van der Waals surface area contributed by atoms with Crippen LogP contribution in [0.3, 0.4) is 0 Å². The fourth-order valence-electron chi connectivity index (χ4n) is 2.13. The zero-order valence-electron chi connectivity index (χ0n) is 10.1. The zero-order valence-corrected chi connectivity index (χ0v) is 10.8. The number of hydrogen-bond donors (Lipinski definition) is 1. The average molecular weight is 255 g/mol. The summed E-state index contributed by atoms with van der Waals surface area (Å²) in [5.41, 5.74) is 1.90. The zero-order chi connectivity index (χ0) is 12.6. The number of halogens is 1. The number of carbonyl (C=O) groups excluding carboxylic acids is 1. The van der Waals surface area contributed by atoms with E-state index < -0.39 is 0 Å². The van der Waals surface area contributed by atoms with Crippen LogP contribution in [0.4, 0.5) is 4.79 Å². The lowest BCUT2D eigenvalue weighted by Crippen LogP contribution is -2.24. The number of carbonyl (C=O) groups is 1. The van der Waals surface area contributed by atoms with Gasteiger partial charge in [-0.1, -0.05) is 11.6 Å². The van der Waals surface area contributed by atoms with Crippen LogP contribution in [0.25, 0.3) is 0 Å². The monoisotopic (exact) mass is 254 g/mol. The van der Waals surface area contributed by atoms with Crippen LogP contribution in [0.2, 0.25) is 5.02 Å². The summed E-state index contributed by atoms with van der Waals surface area (Å²) in [6.45, 7) is 2.56. The highest BCUT2D eigenvalue weighted by molar-refractivity contribution is 6.30. The number of rotatable bonds is 2. The molecule has 4 nitrogen and oxygen atoms in total. The predicted molar refractivity (Wildman–Crippen MR) is 66.6 cm³/mol. The Labute approximate surface area is 106 Å². The summed E-state index contributed by atoms with van der Waals surface area (Å²) in [7, 11) is 3.39. The van der Waals surface area contributed by atoms with Gasteiger partial charge >= 0.3 is 6.03 Å². The van der Waals surface area contributed by atoms with Gasteiger partial charge in [0, 0.05) is 24.2 Å². The van der Waals surface area contributed by atoms with Gasteiger partial charge in [-0.25, -0.2) is 4.79 Å². The number of aryl methyl sites for hydroxylation is 1. The van der Waals surface area contributed by atoms with Crippen LogP contribution in [-0.2, 0) is 0 Å². The van der Waals surface area contributed by atoms with Crippen molar-refractivity contribution in [3.63, 3.8) is 0 Å². The van der Waals surface area contributed by atoms with Crippen LogP contribution in [0.15, 0.2) is 12.1 Å². The van der Waals surface area contributed by atoms with Crippen LogP contribution in [0.5, 0.6) is 5.75 Å². The molecule has 1 N–H and O–H groups in total. The highest BCUT2D eigenvalue weighted by Gasteiger charge is 2.29. The Hall–Kier alpha value is -1.42. The van der Waals surface area contributed by atoms with Crippen molar-refractivity contribution in [1.29, 1.82) is 0 Å². The van der Waals surface area contributed by atoms with Crippen molar-refractivity contribution in [3.8, 4) is 5.75 Å². The summed E-state index contributed by atoms with van der Waals surface area (Å²) in [6, 6.07) is 3.55. The summed E-state index contributed by atoms with van der Waals surface area (Å²) in [5.74, 6) is 0.787. The Balaban J connectivity index is 2.41. The van der Waals surface area contributed by atoms with E-state index in [1.54, 1.807) is 19.1 Å². The van der Waals surface area contributed by atoms with Crippen LogP contribution >= 0.6 is 11.6 Å². The molecule has 5 heteroatoms. The van der Waals surface area contributed by atoms with E-state index in [2.05, 4.69) is 5.32 Å². The Kier molecular flexibility index (Phi) is 3.15. The first kappa shape index (κ1) is 12.0. The van der Waals surface area contributed by atoms with Crippen LogP contribution in [0, 0.1) is 6.92 Å². The highest BCUT2D eigenvalue weighted by atomic mass is 35.5. The first-order chi connectivity index (χ1) is 8.02. The Morgan fingerprint density at radius 2 is 2.24 bits per heavy atom. The van der Waals surface area contributed by atoms with Gasteiger partial charge in [0.15, 0.2) is 0 Å². The van der Waals surface area contributed by atoms with Crippen molar-refractivity contribution in [2.75, 3.05) is 20.7 Å². The molecule has 0 spiro atoms. The van der Waals surface area contributed by atoms with Crippen molar-refractivity contribution in [1.82, 2.24) is 10.2 Å². The van der Waals surface area contributed by atoms with E-state index in [0.29, 0.717) is 11.6 Å². The third-order valence-electron chi connectivity index (χ3n) is 2.95. The first-order valence-corrected chi connectivity index (χ1v) is 5.76. The average Bonchev–Trinajstić information content (AvgIpc) is 2.58. The van der Waals surface area contributed by atoms with Gasteiger partial charge in [-0.15, -0.1) is 0 Å². The number of likely N-dealkylation sites (N-methyl/N-ethyl adjacent to an activating group) is 1. The molecule has 0 saturated carbocycles.